The van der Waals surface area contributed by atoms with Gasteiger partial charge < -0.3 is 10.6 Å². The Kier molecular flexibility index (Phi) is 5.11. The molecule has 106 valence electrons. The number of benzene rings is 1. The number of nitrogen functional groups attached to an aromatic ring is 1. The SMILES string of the molecule is CSCCN(C)c1ccc(C(F)(F)F)cc1C(=N)N. The van der Waals surface area contributed by atoms with E-state index in [1.54, 1.807) is 23.7 Å². The Morgan fingerprint density at radius 2 is 2.05 bits per heavy atom. The number of alkyl halides is 3. The highest BCUT2D eigenvalue weighted by atomic mass is 32.2. The number of halogens is 3. The van der Waals surface area contributed by atoms with Gasteiger partial charge in [0.2, 0.25) is 0 Å². The zero-order valence-electron chi connectivity index (χ0n) is 10.7. The quantitative estimate of drug-likeness (QED) is 0.648. The molecule has 0 unspecified atom stereocenters. The summed E-state index contributed by atoms with van der Waals surface area (Å²) < 4.78 is 37.9. The second-order valence-electron chi connectivity index (χ2n) is 4.06. The van der Waals surface area contributed by atoms with E-state index in [2.05, 4.69) is 0 Å². The molecule has 0 atom stereocenters. The number of amidine groups is 1. The molecule has 0 saturated carbocycles. The maximum absolute atomic E-state index is 12.6. The topological polar surface area (TPSA) is 53.1 Å². The summed E-state index contributed by atoms with van der Waals surface area (Å²) >= 11 is 1.64. The van der Waals surface area contributed by atoms with E-state index >= 15 is 0 Å². The third kappa shape index (κ3) is 4.05. The minimum absolute atomic E-state index is 0.110. The van der Waals surface area contributed by atoms with Gasteiger partial charge in [0, 0.05) is 30.6 Å². The second kappa shape index (κ2) is 6.18. The molecule has 19 heavy (non-hydrogen) atoms. The van der Waals surface area contributed by atoms with Crippen LogP contribution in [0, 0.1) is 5.41 Å². The third-order valence-electron chi connectivity index (χ3n) is 2.66. The summed E-state index contributed by atoms with van der Waals surface area (Å²) in [6.07, 6.45) is -2.48. The molecule has 0 aromatic heterocycles. The average Bonchev–Trinajstić information content (AvgIpc) is 2.34. The lowest BCUT2D eigenvalue weighted by atomic mass is 10.1. The van der Waals surface area contributed by atoms with Gasteiger partial charge in [-0.2, -0.15) is 24.9 Å². The van der Waals surface area contributed by atoms with Crippen LogP contribution in [0.15, 0.2) is 18.2 Å². The van der Waals surface area contributed by atoms with E-state index in [0.717, 1.165) is 17.9 Å². The van der Waals surface area contributed by atoms with E-state index in [1.165, 1.54) is 6.07 Å². The van der Waals surface area contributed by atoms with Crippen LogP contribution in [-0.4, -0.2) is 31.4 Å². The van der Waals surface area contributed by atoms with Crippen molar-refractivity contribution in [2.45, 2.75) is 6.18 Å². The summed E-state index contributed by atoms with van der Waals surface area (Å²) in [6.45, 7) is 0.673. The minimum atomic E-state index is -4.43. The lowest BCUT2D eigenvalue weighted by Gasteiger charge is -2.22. The Bertz CT molecular complexity index is 460. The fraction of sp³-hybridized carbons (Fsp3) is 0.417. The largest absolute Gasteiger partial charge is 0.416 e. The number of rotatable bonds is 5. The van der Waals surface area contributed by atoms with Gasteiger partial charge in [0.05, 0.1) is 5.56 Å². The number of thioether (sulfide) groups is 1. The molecule has 7 heteroatoms. The van der Waals surface area contributed by atoms with Crippen molar-refractivity contribution < 1.29 is 13.2 Å². The molecule has 0 bridgehead atoms. The van der Waals surface area contributed by atoms with Crippen LogP contribution in [0.5, 0.6) is 0 Å². The van der Waals surface area contributed by atoms with E-state index in [1.807, 2.05) is 6.26 Å². The molecule has 0 spiro atoms. The maximum atomic E-state index is 12.6. The van der Waals surface area contributed by atoms with Crippen LogP contribution in [-0.2, 0) is 6.18 Å². The van der Waals surface area contributed by atoms with Gasteiger partial charge in [-0.3, -0.25) is 5.41 Å². The van der Waals surface area contributed by atoms with Gasteiger partial charge in [0.25, 0.3) is 0 Å². The van der Waals surface area contributed by atoms with Crippen LogP contribution in [0.25, 0.3) is 0 Å². The number of nitrogens with one attached hydrogen (secondary N) is 1. The smallest absolute Gasteiger partial charge is 0.384 e. The fourth-order valence-electron chi connectivity index (χ4n) is 1.61. The Hall–Kier alpha value is -1.37. The average molecular weight is 291 g/mol. The van der Waals surface area contributed by atoms with Crippen molar-refractivity contribution in [2.24, 2.45) is 5.73 Å². The number of hydrogen-bond acceptors (Lipinski definition) is 3. The first kappa shape index (κ1) is 15.7. The summed E-state index contributed by atoms with van der Waals surface area (Å²) in [5, 5.41) is 7.43. The van der Waals surface area contributed by atoms with Gasteiger partial charge in [-0.25, -0.2) is 0 Å². The number of nitrogens with two attached hydrogens (primary N) is 1. The molecule has 0 fully saturated rings. The van der Waals surface area contributed by atoms with Crippen molar-refractivity contribution in [2.75, 3.05) is 30.5 Å². The predicted molar refractivity (Wildman–Crippen MR) is 74.1 cm³/mol. The molecule has 0 aliphatic heterocycles. The van der Waals surface area contributed by atoms with Crippen LogP contribution >= 0.6 is 11.8 Å². The van der Waals surface area contributed by atoms with E-state index in [9.17, 15) is 13.2 Å². The molecule has 1 aromatic rings. The third-order valence-corrected chi connectivity index (χ3v) is 3.25. The molecular weight excluding hydrogens is 275 g/mol. The summed E-state index contributed by atoms with van der Waals surface area (Å²) in [4.78, 5) is 1.80. The summed E-state index contributed by atoms with van der Waals surface area (Å²) in [5.41, 5.74) is 5.23. The van der Waals surface area contributed by atoms with Crippen molar-refractivity contribution in [3.63, 3.8) is 0 Å². The molecule has 1 rings (SSSR count). The monoisotopic (exact) mass is 291 g/mol. The van der Waals surface area contributed by atoms with Crippen LogP contribution in [0.4, 0.5) is 18.9 Å². The first-order valence-electron chi connectivity index (χ1n) is 5.53. The first-order chi connectivity index (χ1) is 8.77. The second-order valence-corrected chi connectivity index (χ2v) is 5.04. The van der Waals surface area contributed by atoms with Gasteiger partial charge in [0.15, 0.2) is 0 Å². The molecule has 3 nitrogen and oxygen atoms in total. The highest BCUT2D eigenvalue weighted by molar-refractivity contribution is 7.98. The van der Waals surface area contributed by atoms with Gasteiger partial charge in [-0.1, -0.05) is 0 Å². The molecular formula is C12H16F3N3S. The maximum Gasteiger partial charge on any atom is 0.416 e. The zero-order chi connectivity index (χ0) is 14.6. The number of nitrogens with zero attached hydrogens (tertiary/aromatic N) is 1. The standard InChI is InChI=1S/C12H16F3N3S/c1-18(5-6-19-2)10-4-3-8(12(13,14)15)7-9(10)11(16)17/h3-4,7H,5-6H2,1-2H3,(H3,16,17). The summed E-state index contributed by atoms with van der Waals surface area (Å²) in [6, 6.07) is 3.30. The van der Waals surface area contributed by atoms with E-state index in [4.69, 9.17) is 11.1 Å². The minimum Gasteiger partial charge on any atom is -0.384 e. The van der Waals surface area contributed by atoms with Gasteiger partial charge >= 0.3 is 6.18 Å². The van der Waals surface area contributed by atoms with Crippen molar-refractivity contribution in [3.05, 3.63) is 29.3 Å². The highest BCUT2D eigenvalue weighted by Crippen LogP contribution is 2.32. The highest BCUT2D eigenvalue weighted by Gasteiger charge is 2.31. The Morgan fingerprint density at radius 3 is 2.53 bits per heavy atom. The van der Waals surface area contributed by atoms with Crippen molar-refractivity contribution in [1.82, 2.24) is 0 Å². The number of hydrogen-bond donors (Lipinski definition) is 2. The lowest BCUT2D eigenvalue weighted by Crippen LogP contribution is -2.25. The predicted octanol–water partition coefficient (Wildman–Crippen LogP) is 2.79. The van der Waals surface area contributed by atoms with Crippen molar-refractivity contribution >= 4 is 23.3 Å². The van der Waals surface area contributed by atoms with Crippen molar-refractivity contribution in [3.8, 4) is 0 Å². The normalized spacial score (nSPS) is 11.4. The molecule has 0 heterocycles. The van der Waals surface area contributed by atoms with E-state index < -0.39 is 11.7 Å². The van der Waals surface area contributed by atoms with Gasteiger partial charge in [0.1, 0.15) is 5.84 Å². The van der Waals surface area contributed by atoms with Gasteiger partial charge in [-0.15, -0.1) is 0 Å². The molecule has 1 aromatic carbocycles. The summed E-state index contributed by atoms with van der Waals surface area (Å²) in [5.74, 6) is 0.478. The Balaban J connectivity index is 3.15. The van der Waals surface area contributed by atoms with E-state index in [-0.39, 0.29) is 11.4 Å². The van der Waals surface area contributed by atoms with Crippen LogP contribution in [0.2, 0.25) is 0 Å². The molecule has 0 aliphatic rings. The van der Waals surface area contributed by atoms with Crippen LogP contribution in [0.3, 0.4) is 0 Å². The molecule has 0 aliphatic carbocycles. The first-order valence-corrected chi connectivity index (χ1v) is 6.92. The van der Waals surface area contributed by atoms with Crippen LogP contribution in [0.1, 0.15) is 11.1 Å². The zero-order valence-corrected chi connectivity index (χ0v) is 11.5. The van der Waals surface area contributed by atoms with Crippen molar-refractivity contribution in [1.29, 1.82) is 5.41 Å². The van der Waals surface area contributed by atoms with E-state index in [0.29, 0.717) is 12.2 Å². The van der Waals surface area contributed by atoms with Crippen LogP contribution < -0.4 is 10.6 Å². The number of anilines is 1. The molecule has 3 N–H and O–H groups in total. The fourth-order valence-corrected chi connectivity index (χ4v) is 2.07. The van der Waals surface area contributed by atoms with Gasteiger partial charge in [-0.05, 0) is 24.5 Å². The Morgan fingerprint density at radius 1 is 1.42 bits per heavy atom. The lowest BCUT2D eigenvalue weighted by molar-refractivity contribution is -0.137. The Labute approximate surface area is 114 Å². The molecule has 0 saturated heterocycles. The molecule has 0 radical (unpaired) electrons. The summed E-state index contributed by atoms with van der Waals surface area (Å²) in [7, 11) is 1.77. The molecule has 0 amide bonds.